The largest absolute Gasteiger partial charge is 0.497 e. The van der Waals surface area contributed by atoms with E-state index in [4.69, 9.17) is 4.74 Å². The van der Waals surface area contributed by atoms with Crippen LogP contribution in [0.5, 0.6) is 5.75 Å². The molecular weight excluding hydrogens is 236 g/mol. The molecule has 0 fully saturated rings. The first-order valence-corrected chi connectivity index (χ1v) is 7.02. The Balaban J connectivity index is 1.66. The monoisotopic (exact) mass is 256 g/mol. The maximum Gasteiger partial charge on any atom is 0.118 e. The van der Waals surface area contributed by atoms with Crippen molar-refractivity contribution in [2.75, 3.05) is 7.11 Å². The Morgan fingerprint density at radius 3 is 2.74 bits per heavy atom. The lowest BCUT2D eigenvalue weighted by molar-refractivity contribution is 0.414. The van der Waals surface area contributed by atoms with E-state index in [9.17, 15) is 0 Å². The number of benzene rings is 1. The molecule has 0 aliphatic heterocycles. The molecule has 0 spiro atoms. The zero-order valence-corrected chi connectivity index (χ0v) is 11.4. The lowest BCUT2D eigenvalue weighted by atomic mass is 10.0. The molecule has 3 nitrogen and oxygen atoms in total. The fourth-order valence-corrected chi connectivity index (χ4v) is 2.77. The molecule has 0 radical (unpaired) electrons. The summed E-state index contributed by atoms with van der Waals surface area (Å²) < 4.78 is 7.51. The number of aryl methyl sites for hydroxylation is 3. The number of ether oxygens (including phenoxy) is 1. The molecule has 1 aromatic heterocycles. The van der Waals surface area contributed by atoms with Crippen LogP contribution in [0.4, 0.5) is 0 Å². The Morgan fingerprint density at radius 2 is 1.95 bits per heavy atom. The Kier molecular flexibility index (Phi) is 3.53. The first kappa shape index (κ1) is 12.3. The Hall–Kier alpha value is -1.77. The van der Waals surface area contributed by atoms with Crippen LogP contribution in [0.1, 0.15) is 29.8 Å². The van der Waals surface area contributed by atoms with Gasteiger partial charge < -0.3 is 9.30 Å². The van der Waals surface area contributed by atoms with Crippen molar-refractivity contribution >= 4 is 0 Å². The van der Waals surface area contributed by atoms with E-state index >= 15 is 0 Å². The van der Waals surface area contributed by atoms with Gasteiger partial charge in [-0.15, -0.1) is 0 Å². The van der Waals surface area contributed by atoms with Gasteiger partial charge in [-0.25, -0.2) is 4.98 Å². The lowest BCUT2D eigenvalue weighted by Crippen LogP contribution is -2.09. The van der Waals surface area contributed by atoms with E-state index in [0.717, 1.165) is 25.1 Å². The molecule has 0 atom stereocenters. The summed E-state index contributed by atoms with van der Waals surface area (Å²) in [4.78, 5) is 4.54. The van der Waals surface area contributed by atoms with E-state index in [1.807, 2.05) is 18.5 Å². The number of rotatable bonds is 4. The van der Waals surface area contributed by atoms with Crippen LogP contribution in [-0.4, -0.2) is 16.7 Å². The van der Waals surface area contributed by atoms with Crippen LogP contribution in [0.25, 0.3) is 0 Å². The molecule has 19 heavy (non-hydrogen) atoms. The molecule has 1 aliphatic rings. The van der Waals surface area contributed by atoms with E-state index in [1.54, 1.807) is 7.11 Å². The average molecular weight is 256 g/mol. The number of methoxy groups -OCH3 is 1. The maximum absolute atomic E-state index is 5.18. The summed E-state index contributed by atoms with van der Waals surface area (Å²) in [5.74, 6) is 0.920. The highest BCUT2D eigenvalue weighted by Gasteiger charge is 2.14. The van der Waals surface area contributed by atoms with Crippen molar-refractivity contribution < 1.29 is 4.74 Å². The molecule has 0 amide bonds. The average Bonchev–Trinajstić information content (AvgIpc) is 2.89. The van der Waals surface area contributed by atoms with Gasteiger partial charge in [-0.05, 0) is 49.8 Å². The molecule has 0 saturated carbocycles. The van der Waals surface area contributed by atoms with Gasteiger partial charge in [-0.1, -0.05) is 12.1 Å². The summed E-state index contributed by atoms with van der Waals surface area (Å²) in [7, 11) is 1.70. The van der Waals surface area contributed by atoms with Gasteiger partial charge in [0, 0.05) is 12.2 Å². The molecule has 1 aliphatic carbocycles. The molecule has 0 unspecified atom stereocenters. The van der Waals surface area contributed by atoms with Crippen LogP contribution in [0.15, 0.2) is 30.6 Å². The minimum absolute atomic E-state index is 0.920. The molecule has 0 N–H and O–H groups in total. The Morgan fingerprint density at radius 1 is 1.16 bits per heavy atom. The van der Waals surface area contributed by atoms with Crippen molar-refractivity contribution in [3.8, 4) is 5.75 Å². The van der Waals surface area contributed by atoms with E-state index in [2.05, 4.69) is 21.7 Å². The van der Waals surface area contributed by atoms with E-state index < -0.39 is 0 Å². The number of hydrogen-bond donors (Lipinski definition) is 0. The second kappa shape index (κ2) is 5.47. The number of aromatic nitrogens is 2. The highest BCUT2D eigenvalue weighted by Crippen LogP contribution is 2.20. The molecule has 2 aromatic rings. The van der Waals surface area contributed by atoms with Crippen LogP contribution < -0.4 is 4.74 Å². The molecule has 0 bridgehead atoms. The molecule has 3 rings (SSSR count). The van der Waals surface area contributed by atoms with E-state index in [-0.39, 0.29) is 0 Å². The predicted octanol–water partition coefficient (Wildman–Crippen LogP) is 3.01. The van der Waals surface area contributed by atoms with Gasteiger partial charge >= 0.3 is 0 Å². The van der Waals surface area contributed by atoms with Crippen molar-refractivity contribution in [1.82, 2.24) is 9.55 Å². The molecule has 1 aromatic carbocycles. The second-order valence-corrected chi connectivity index (χ2v) is 5.14. The van der Waals surface area contributed by atoms with Crippen molar-refractivity contribution in [3.63, 3.8) is 0 Å². The quantitative estimate of drug-likeness (QED) is 0.840. The third-order valence-electron chi connectivity index (χ3n) is 3.91. The predicted molar refractivity (Wildman–Crippen MR) is 75.6 cm³/mol. The third kappa shape index (κ3) is 2.65. The fourth-order valence-electron chi connectivity index (χ4n) is 2.77. The van der Waals surface area contributed by atoms with Gasteiger partial charge in [-0.2, -0.15) is 0 Å². The molecule has 3 heteroatoms. The van der Waals surface area contributed by atoms with Crippen LogP contribution in [0.2, 0.25) is 0 Å². The normalized spacial score (nSPS) is 14.2. The number of imidazole rings is 1. The van der Waals surface area contributed by atoms with Gasteiger partial charge in [0.05, 0.1) is 19.1 Å². The lowest BCUT2D eigenvalue weighted by Gasteiger charge is -2.14. The van der Waals surface area contributed by atoms with Crippen molar-refractivity contribution in [1.29, 1.82) is 0 Å². The first-order chi connectivity index (χ1) is 9.36. The first-order valence-electron chi connectivity index (χ1n) is 7.02. The molecular formula is C16H20N2O. The minimum atomic E-state index is 0.920. The SMILES string of the molecule is COc1ccc(CCn2cnc3c2CCCC3)cc1. The Bertz CT molecular complexity index is 542. The van der Waals surface area contributed by atoms with Gasteiger partial charge in [-0.3, -0.25) is 0 Å². The smallest absolute Gasteiger partial charge is 0.118 e. The summed E-state index contributed by atoms with van der Waals surface area (Å²) in [5, 5.41) is 0. The van der Waals surface area contributed by atoms with Crippen molar-refractivity contribution in [2.45, 2.75) is 38.6 Å². The van der Waals surface area contributed by atoms with Crippen LogP contribution >= 0.6 is 0 Å². The number of fused-ring (bicyclic) bond motifs is 1. The zero-order chi connectivity index (χ0) is 13.1. The van der Waals surface area contributed by atoms with Gasteiger partial charge in [0.2, 0.25) is 0 Å². The van der Waals surface area contributed by atoms with Crippen LogP contribution in [0, 0.1) is 0 Å². The molecule has 1 heterocycles. The summed E-state index contributed by atoms with van der Waals surface area (Å²) in [6, 6.07) is 8.34. The summed E-state index contributed by atoms with van der Waals surface area (Å²) in [6.45, 7) is 1.02. The standard InChI is InChI=1S/C16H20N2O/c1-19-14-8-6-13(7-9-14)10-11-18-12-17-15-4-2-3-5-16(15)18/h6-9,12H,2-5,10-11H2,1H3. The highest BCUT2D eigenvalue weighted by molar-refractivity contribution is 5.27. The Labute approximate surface area is 114 Å². The third-order valence-corrected chi connectivity index (χ3v) is 3.91. The molecule has 0 saturated heterocycles. The van der Waals surface area contributed by atoms with Gasteiger partial charge in [0.1, 0.15) is 5.75 Å². The number of hydrogen-bond acceptors (Lipinski definition) is 2. The van der Waals surface area contributed by atoms with Crippen molar-refractivity contribution in [2.24, 2.45) is 0 Å². The summed E-state index contributed by atoms with van der Waals surface area (Å²) >= 11 is 0. The van der Waals surface area contributed by atoms with Crippen LogP contribution in [0.3, 0.4) is 0 Å². The maximum atomic E-state index is 5.18. The van der Waals surface area contributed by atoms with Crippen molar-refractivity contribution in [3.05, 3.63) is 47.5 Å². The number of nitrogens with zero attached hydrogens (tertiary/aromatic N) is 2. The van der Waals surface area contributed by atoms with E-state index in [0.29, 0.717) is 0 Å². The molecule has 100 valence electrons. The summed E-state index contributed by atoms with van der Waals surface area (Å²) in [6.07, 6.45) is 8.01. The summed E-state index contributed by atoms with van der Waals surface area (Å²) in [5.41, 5.74) is 4.12. The topological polar surface area (TPSA) is 27.1 Å². The van der Waals surface area contributed by atoms with E-state index in [1.165, 1.54) is 36.2 Å². The van der Waals surface area contributed by atoms with Gasteiger partial charge in [0.25, 0.3) is 0 Å². The zero-order valence-electron chi connectivity index (χ0n) is 11.4. The van der Waals surface area contributed by atoms with Gasteiger partial charge in [0.15, 0.2) is 0 Å². The van der Waals surface area contributed by atoms with Crippen LogP contribution in [-0.2, 0) is 25.8 Å². The fraction of sp³-hybridized carbons (Fsp3) is 0.438. The minimum Gasteiger partial charge on any atom is -0.497 e. The highest BCUT2D eigenvalue weighted by atomic mass is 16.5. The second-order valence-electron chi connectivity index (χ2n) is 5.14.